The fourth-order valence-corrected chi connectivity index (χ4v) is 1.08. The third-order valence-corrected chi connectivity index (χ3v) is 1.77. The normalized spacial score (nSPS) is 10.4. The lowest BCUT2D eigenvalue weighted by Crippen LogP contribution is -2.09. The maximum absolute atomic E-state index is 12.6. The first kappa shape index (κ1) is 13.0. The molecule has 1 aromatic heterocycles. The number of hydrogen-bond acceptors (Lipinski definition) is 3. The van der Waals surface area contributed by atoms with Crippen molar-refractivity contribution in [1.29, 1.82) is 0 Å². The molecule has 0 amide bonds. The van der Waals surface area contributed by atoms with Gasteiger partial charge in [-0.15, -0.1) is 0 Å². The highest BCUT2D eigenvalue weighted by Gasteiger charge is 2.35. The van der Waals surface area contributed by atoms with Crippen LogP contribution in [-0.4, -0.2) is 18.4 Å². The number of ether oxygens (including phenoxy) is 1. The number of carbonyl (C=O) groups is 1. The van der Waals surface area contributed by atoms with Gasteiger partial charge in [0.25, 0.3) is 0 Å². The van der Waals surface area contributed by atoms with E-state index in [0.29, 0.717) is 6.29 Å². The molecule has 90 valence electrons. The van der Waals surface area contributed by atoms with E-state index in [4.69, 9.17) is 0 Å². The fraction of sp³-hybridized carbons (Fsp3) is 0.273. The Morgan fingerprint density at radius 2 is 2.24 bits per heavy atom. The molecule has 1 heterocycles. The van der Waals surface area contributed by atoms with E-state index < -0.39 is 17.6 Å². The quantitative estimate of drug-likeness (QED) is 0.589. The van der Waals surface area contributed by atoms with Crippen LogP contribution in [0, 0.1) is 11.8 Å². The van der Waals surface area contributed by atoms with Crippen molar-refractivity contribution >= 4 is 6.29 Å². The Morgan fingerprint density at radius 3 is 2.76 bits per heavy atom. The number of aromatic nitrogens is 1. The van der Waals surface area contributed by atoms with Crippen LogP contribution in [0.2, 0.25) is 0 Å². The molecule has 0 N–H and O–H groups in total. The molecule has 1 rings (SSSR count). The maximum atomic E-state index is 12.6. The number of aldehydes is 1. The minimum absolute atomic E-state index is 0.0343. The second-order valence-corrected chi connectivity index (χ2v) is 2.95. The van der Waals surface area contributed by atoms with Gasteiger partial charge in [0.15, 0.2) is 0 Å². The Balaban J connectivity index is 3.15. The Kier molecular flexibility index (Phi) is 4.10. The Bertz CT molecular complexity index is 472. The molecular weight excluding hydrogens is 235 g/mol. The number of pyridine rings is 1. The van der Waals surface area contributed by atoms with Gasteiger partial charge in [-0.2, -0.15) is 13.2 Å². The number of carbonyl (C=O) groups excluding carboxylic acids is 1. The summed E-state index contributed by atoms with van der Waals surface area (Å²) in [6, 6.07) is 0.837. The molecule has 0 aliphatic carbocycles. The molecule has 0 saturated carbocycles. The van der Waals surface area contributed by atoms with Gasteiger partial charge in [-0.1, -0.05) is 11.8 Å². The van der Waals surface area contributed by atoms with Gasteiger partial charge in [-0.3, -0.25) is 0 Å². The molecule has 0 radical (unpaired) electrons. The molecule has 0 fully saturated rings. The van der Waals surface area contributed by atoms with Crippen LogP contribution in [0.1, 0.15) is 17.5 Å². The summed E-state index contributed by atoms with van der Waals surface area (Å²) in [5.41, 5.74) is -0.905. The zero-order valence-electron chi connectivity index (χ0n) is 8.84. The van der Waals surface area contributed by atoms with Crippen molar-refractivity contribution in [3.63, 3.8) is 0 Å². The summed E-state index contributed by atoms with van der Waals surface area (Å²) >= 11 is 0. The number of hydrogen-bond donors (Lipinski definition) is 0. The number of methoxy groups -OCH3 is 1. The Morgan fingerprint density at radius 1 is 1.53 bits per heavy atom. The molecule has 0 atom stereocenters. The summed E-state index contributed by atoms with van der Waals surface area (Å²) in [5, 5.41) is 0. The summed E-state index contributed by atoms with van der Waals surface area (Å²) in [4.78, 5) is 13.5. The van der Waals surface area contributed by atoms with Gasteiger partial charge in [-0.25, -0.2) is 4.98 Å². The van der Waals surface area contributed by atoms with Crippen molar-refractivity contribution < 1.29 is 22.7 Å². The van der Waals surface area contributed by atoms with E-state index in [1.165, 1.54) is 0 Å². The third-order valence-electron chi connectivity index (χ3n) is 1.77. The van der Waals surface area contributed by atoms with E-state index in [0.717, 1.165) is 19.4 Å². The highest BCUT2D eigenvalue weighted by molar-refractivity contribution is 5.55. The van der Waals surface area contributed by atoms with Gasteiger partial charge in [-0.05, 0) is 6.07 Å². The molecule has 17 heavy (non-hydrogen) atoms. The summed E-state index contributed by atoms with van der Waals surface area (Å²) in [7, 11) is 1.11. The Hall–Kier alpha value is -2.03. The van der Waals surface area contributed by atoms with Crippen LogP contribution >= 0.6 is 0 Å². The van der Waals surface area contributed by atoms with Crippen LogP contribution < -0.4 is 4.74 Å². The molecule has 0 saturated heterocycles. The minimum Gasteiger partial charge on any atom is -0.481 e. The fourth-order valence-electron chi connectivity index (χ4n) is 1.08. The first-order valence-corrected chi connectivity index (χ1v) is 4.52. The molecule has 0 spiro atoms. The van der Waals surface area contributed by atoms with E-state index in [1.807, 2.05) is 0 Å². The maximum Gasteiger partial charge on any atom is 0.421 e. The smallest absolute Gasteiger partial charge is 0.421 e. The summed E-state index contributed by atoms with van der Waals surface area (Å²) in [6.45, 7) is 0. The van der Waals surface area contributed by atoms with Crippen molar-refractivity contribution in [3.05, 3.63) is 23.4 Å². The molecule has 0 unspecified atom stereocenters. The topological polar surface area (TPSA) is 39.2 Å². The van der Waals surface area contributed by atoms with Gasteiger partial charge >= 0.3 is 6.18 Å². The minimum atomic E-state index is -4.55. The summed E-state index contributed by atoms with van der Waals surface area (Å²) in [5.74, 6) is 4.31. The van der Waals surface area contributed by atoms with Gasteiger partial charge < -0.3 is 9.53 Å². The van der Waals surface area contributed by atoms with Gasteiger partial charge in [0, 0.05) is 11.8 Å². The van der Waals surface area contributed by atoms with E-state index in [9.17, 15) is 18.0 Å². The highest BCUT2D eigenvalue weighted by Crippen LogP contribution is 2.35. The third kappa shape index (κ3) is 3.48. The van der Waals surface area contributed by atoms with Crippen LogP contribution in [0.25, 0.3) is 0 Å². The van der Waals surface area contributed by atoms with Crippen LogP contribution in [0.15, 0.2) is 12.3 Å². The lowest BCUT2D eigenvalue weighted by atomic mass is 10.2. The zero-order chi connectivity index (χ0) is 12.9. The summed E-state index contributed by atoms with van der Waals surface area (Å²) < 4.78 is 42.3. The van der Waals surface area contributed by atoms with E-state index in [1.54, 1.807) is 0 Å². The van der Waals surface area contributed by atoms with Gasteiger partial charge in [0.05, 0.1) is 13.5 Å². The SMILES string of the molecule is COc1ncc(C#CCC=O)cc1C(F)(F)F. The molecule has 0 bridgehead atoms. The van der Waals surface area contributed by atoms with E-state index in [2.05, 4.69) is 21.6 Å². The van der Waals surface area contributed by atoms with Crippen LogP contribution in [-0.2, 0) is 11.0 Å². The van der Waals surface area contributed by atoms with Crippen LogP contribution in [0.3, 0.4) is 0 Å². The Labute approximate surface area is 95.6 Å². The van der Waals surface area contributed by atoms with E-state index >= 15 is 0 Å². The predicted molar refractivity (Wildman–Crippen MR) is 53.4 cm³/mol. The van der Waals surface area contributed by atoms with Crippen molar-refractivity contribution in [2.75, 3.05) is 7.11 Å². The first-order chi connectivity index (χ1) is 7.99. The van der Waals surface area contributed by atoms with Gasteiger partial charge in [0.1, 0.15) is 11.8 Å². The molecule has 3 nitrogen and oxygen atoms in total. The molecule has 0 aliphatic heterocycles. The number of nitrogens with zero attached hydrogens (tertiary/aromatic N) is 1. The molecule has 0 aromatic carbocycles. The van der Waals surface area contributed by atoms with Crippen molar-refractivity contribution in [2.24, 2.45) is 0 Å². The average molecular weight is 243 g/mol. The average Bonchev–Trinajstić information content (AvgIpc) is 2.28. The van der Waals surface area contributed by atoms with Crippen molar-refractivity contribution in [2.45, 2.75) is 12.6 Å². The van der Waals surface area contributed by atoms with Crippen LogP contribution in [0.5, 0.6) is 5.88 Å². The summed E-state index contributed by atoms with van der Waals surface area (Å²) in [6.07, 6.45) is -2.87. The lowest BCUT2D eigenvalue weighted by Gasteiger charge is -2.10. The van der Waals surface area contributed by atoms with Crippen molar-refractivity contribution in [1.82, 2.24) is 4.98 Å². The predicted octanol–water partition coefficient (Wildman–Crippen LogP) is 2.05. The highest BCUT2D eigenvalue weighted by atomic mass is 19.4. The van der Waals surface area contributed by atoms with Gasteiger partial charge in [0.2, 0.25) is 5.88 Å². The van der Waals surface area contributed by atoms with Crippen molar-refractivity contribution in [3.8, 4) is 17.7 Å². The van der Waals surface area contributed by atoms with Crippen LogP contribution in [0.4, 0.5) is 13.2 Å². The largest absolute Gasteiger partial charge is 0.481 e. The lowest BCUT2D eigenvalue weighted by molar-refractivity contribution is -0.139. The molecule has 0 aliphatic rings. The first-order valence-electron chi connectivity index (χ1n) is 4.52. The molecule has 1 aromatic rings. The number of alkyl halides is 3. The number of halogens is 3. The zero-order valence-corrected chi connectivity index (χ0v) is 8.84. The second-order valence-electron chi connectivity index (χ2n) is 2.95. The molecular formula is C11H8F3NO2. The number of rotatable bonds is 2. The van der Waals surface area contributed by atoms with E-state index in [-0.39, 0.29) is 12.0 Å². The monoisotopic (exact) mass is 243 g/mol. The standard InChI is InChI=1S/C11H8F3NO2/c1-17-10-9(11(12,13)14)6-8(7-15-10)4-2-3-5-16/h5-7H,3H2,1H3. The second kappa shape index (κ2) is 5.34. The molecule has 6 heteroatoms.